The molecular weight excluding hydrogens is 276 g/mol. The van der Waals surface area contributed by atoms with Gasteiger partial charge in [0, 0.05) is 24.0 Å². The third-order valence-corrected chi connectivity index (χ3v) is 3.48. The fourth-order valence-corrected chi connectivity index (χ4v) is 1.89. The van der Waals surface area contributed by atoms with Gasteiger partial charge in [-0.05, 0) is 39.8 Å². The highest BCUT2D eigenvalue weighted by Gasteiger charge is 2.13. The molecule has 0 saturated heterocycles. The van der Waals surface area contributed by atoms with Gasteiger partial charge in [-0.3, -0.25) is 4.98 Å². The predicted molar refractivity (Wildman–Crippen MR) is 80.8 cm³/mol. The van der Waals surface area contributed by atoms with Gasteiger partial charge in [-0.1, -0.05) is 0 Å². The van der Waals surface area contributed by atoms with E-state index in [9.17, 15) is 8.42 Å². The first kappa shape index (κ1) is 16.9. The number of aromatic nitrogens is 1. The molecule has 5 nitrogen and oxygen atoms in total. The highest BCUT2D eigenvalue weighted by Crippen LogP contribution is 2.18. The highest BCUT2D eigenvalue weighted by atomic mass is 32.2. The van der Waals surface area contributed by atoms with Crippen LogP contribution in [0.2, 0.25) is 0 Å². The number of nitrogens with one attached hydrogen (secondary N) is 1. The minimum atomic E-state index is -3.01. The molecule has 0 spiro atoms. The van der Waals surface area contributed by atoms with Crippen LogP contribution in [0, 0.1) is 6.92 Å². The summed E-state index contributed by atoms with van der Waals surface area (Å²) in [5.41, 5.74) is 1.69. The van der Waals surface area contributed by atoms with Crippen molar-refractivity contribution in [3.8, 4) is 5.75 Å². The van der Waals surface area contributed by atoms with Crippen LogP contribution >= 0.6 is 0 Å². The third kappa shape index (κ3) is 6.86. The first-order valence-electron chi connectivity index (χ1n) is 6.59. The molecule has 114 valence electrons. The molecule has 6 heteroatoms. The van der Waals surface area contributed by atoms with E-state index in [2.05, 4.69) is 31.1 Å². The van der Waals surface area contributed by atoms with Crippen LogP contribution < -0.4 is 10.1 Å². The summed E-state index contributed by atoms with van der Waals surface area (Å²) >= 11 is 0. The van der Waals surface area contributed by atoms with Crippen molar-refractivity contribution in [1.29, 1.82) is 0 Å². The average Bonchev–Trinajstić information content (AvgIpc) is 2.26. The lowest BCUT2D eigenvalue weighted by atomic mass is 10.1. The zero-order valence-electron chi connectivity index (χ0n) is 12.9. The zero-order chi connectivity index (χ0) is 15.4. The second-order valence-corrected chi connectivity index (χ2v) is 8.24. The maximum Gasteiger partial charge on any atom is 0.150 e. The molecule has 20 heavy (non-hydrogen) atoms. The number of pyridine rings is 1. The average molecular weight is 300 g/mol. The molecule has 1 aromatic heterocycles. The molecule has 1 rings (SSSR count). The Labute approximate surface area is 121 Å². The summed E-state index contributed by atoms with van der Waals surface area (Å²) in [5.74, 6) is 0.642. The molecule has 0 saturated carbocycles. The minimum absolute atomic E-state index is 0.00696. The lowest BCUT2D eigenvalue weighted by molar-refractivity contribution is 0.330. The van der Waals surface area contributed by atoms with Crippen LogP contribution in [0.4, 0.5) is 0 Å². The molecule has 0 aliphatic carbocycles. The maximum absolute atomic E-state index is 11.1. The van der Waals surface area contributed by atoms with Gasteiger partial charge in [-0.15, -0.1) is 0 Å². The summed E-state index contributed by atoms with van der Waals surface area (Å²) in [4.78, 5) is 4.45. The fraction of sp³-hybridized carbons (Fsp3) is 0.643. The molecule has 0 atom stereocenters. The van der Waals surface area contributed by atoms with Crippen LogP contribution in [-0.2, 0) is 16.4 Å². The summed E-state index contributed by atoms with van der Waals surface area (Å²) in [5, 5.41) is 3.35. The third-order valence-electron chi connectivity index (χ3n) is 2.57. The van der Waals surface area contributed by atoms with Crippen LogP contribution in [-0.4, -0.2) is 37.6 Å². The van der Waals surface area contributed by atoms with Crippen molar-refractivity contribution < 1.29 is 13.2 Å². The van der Waals surface area contributed by atoms with Crippen molar-refractivity contribution >= 4 is 9.84 Å². The van der Waals surface area contributed by atoms with Crippen molar-refractivity contribution in [3.05, 3.63) is 23.5 Å². The molecule has 0 unspecified atom stereocenters. The number of nitrogens with zero attached hydrogens (tertiary/aromatic N) is 1. The molecule has 0 amide bonds. The number of rotatable bonds is 6. The molecule has 1 aromatic rings. The fourth-order valence-electron chi connectivity index (χ4n) is 1.51. The molecule has 1 N–H and O–H groups in total. The Kier molecular flexibility index (Phi) is 5.53. The van der Waals surface area contributed by atoms with Crippen molar-refractivity contribution in [2.45, 2.75) is 39.8 Å². The second kappa shape index (κ2) is 6.54. The van der Waals surface area contributed by atoms with E-state index in [0.717, 1.165) is 11.4 Å². The molecule has 0 aromatic carbocycles. The van der Waals surface area contributed by atoms with Gasteiger partial charge >= 0.3 is 0 Å². The number of aryl methyl sites for hydroxylation is 1. The minimum Gasteiger partial charge on any atom is -0.491 e. The van der Waals surface area contributed by atoms with Gasteiger partial charge in [0.25, 0.3) is 0 Å². The quantitative estimate of drug-likeness (QED) is 0.866. The van der Waals surface area contributed by atoms with Crippen molar-refractivity contribution in [3.63, 3.8) is 0 Å². The normalized spacial score (nSPS) is 12.4. The van der Waals surface area contributed by atoms with Crippen LogP contribution in [0.5, 0.6) is 5.75 Å². The van der Waals surface area contributed by atoms with Gasteiger partial charge in [0.1, 0.15) is 12.4 Å². The van der Waals surface area contributed by atoms with Crippen molar-refractivity contribution in [2.75, 3.05) is 18.6 Å². The van der Waals surface area contributed by atoms with Gasteiger partial charge in [0.05, 0.1) is 11.4 Å². The summed E-state index contributed by atoms with van der Waals surface area (Å²) in [6.07, 6.45) is 1.20. The van der Waals surface area contributed by atoms with Gasteiger partial charge < -0.3 is 10.1 Å². The monoisotopic (exact) mass is 300 g/mol. The van der Waals surface area contributed by atoms with Crippen molar-refractivity contribution in [2.24, 2.45) is 0 Å². The van der Waals surface area contributed by atoms with Crippen LogP contribution in [0.25, 0.3) is 0 Å². The topological polar surface area (TPSA) is 68.3 Å². The van der Waals surface area contributed by atoms with Gasteiger partial charge in [0.2, 0.25) is 0 Å². The first-order valence-corrected chi connectivity index (χ1v) is 8.65. The smallest absolute Gasteiger partial charge is 0.150 e. The van der Waals surface area contributed by atoms with E-state index in [1.165, 1.54) is 6.26 Å². The van der Waals surface area contributed by atoms with Crippen LogP contribution in [0.15, 0.2) is 12.1 Å². The van der Waals surface area contributed by atoms with E-state index in [4.69, 9.17) is 4.74 Å². The van der Waals surface area contributed by atoms with Gasteiger partial charge in [-0.25, -0.2) is 8.42 Å². The Morgan fingerprint density at radius 2 is 1.95 bits per heavy atom. The summed E-state index contributed by atoms with van der Waals surface area (Å²) < 4.78 is 27.8. The molecule has 0 aliphatic heterocycles. The molecular formula is C14H24N2O3S. The highest BCUT2D eigenvalue weighted by molar-refractivity contribution is 7.90. The Bertz CT molecular complexity index is 548. The Balaban J connectivity index is 2.74. The lowest BCUT2D eigenvalue weighted by Gasteiger charge is -2.21. The van der Waals surface area contributed by atoms with E-state index in [0.29, 0.717) is 12.3 Å². The first-order chi connectivity index (χ1) is 9.07. The molecule has 1 heterocycles. The number of sulfone groups is 1. The predicted octanol–water partition coefficient (Wildman–Crippen LogP) is 1.70. The summed E-state index contributed by atoms with van der Waals surface area (Å²) in [7, 11) is -3.01. The second-order valence-electron chi connectivity index (χ2n) is 5.98. The maximum atomic E-state index is 11.1. The van der Waals surface area contributed by atoms with Gasteiger partial charge in [-0.2, -0.15) is 0 Å². The Morgan fingerprint density at radius 3 is 2.50 bits per heavy atom. The van der Waals surface area contributed by atoms with E-state index in [1.807, 2.05) is 19.1 Å². The van der Waals surface area contributed by atoms with E-state index in [-0.39, 0.29) is 17.9 Å². The van der Waals surface area contributed by atoms with E-state index < -0.39 is 9.84 Å². The molecule has 0 fully saturated rings. The molecule has 0 radical (unpaired) electrons. The summed E-state index contributed by atoms with van der Waals surface area (Å²) in [6, 6.07) is 3.70. The van der Waals surface area contributed by atoms with Crippen molar-refractivity contribution in [1.82, 2.24) is 10.3 Å². The number of ether oxygens (including phenoxy) is 1. The van der Waals surface area contributed by atoms with Gasteiger partial charge in [0.15, 0.2) is 9.84 Å². The van der Waals surface area contributed by atoms with Crippen LogP contribution in [0.1, 0.15) is 32.2 Å². The zero-order valence-corrected chi connectivity index (χ0v) is 13.7. The number of hydrogen-bond donors (Lipinski definition) is 1. The largest absolute Gasteiger partial charge is 0.491 e. The Hall–Kier alpha value is -1.14. The van der Waals surface area contributed by atoms with E-state index in [1.54, 1.807) is 0 Å². The molecule has 0 aliphatic rings. The summed E-state index contributed by atoms with van der Waals surface area (Å²) in [6.45, 7) is 8.87. The molecule has 0 bridgehead atoms. The van der Waals surface area contributed by atoms with Crippen LogP contribution in [0.3, 0.4) is 0 Å². The van der Waals surface area contributed by atoms with E-state index >= 15 is 0 Å². The Morgan fingerprint density at radius 1 is 1.30 bits per heavy atom. The lowest BCUT2D eigenvalue weighted by Crippen LogP contribution is -2.35. The number of hydrogen-bond acceptors (Lipinski definition) is 5. The standard InChI is InChI=1S/C14H24N2O3S/c1-11-6-7-13(19-8-9-20(5,17)18)12(16-11)10-15-14(2,3)4/h6-7,15H,8-10H2,1-5H3. The SMILES string of the molecule is Cc1ccc(OCCS(C)(=O)=O)c(CNC(C)(C)C)n1.